The molecule has 1 aromatic heterocycles. The zero-order valence-electron chi connectivity index (χ0n) is 12.0. The maximum Gasteiger partial charge on any atom is 0.497 e. The van der Waals surface area contributed by atoms with Crippen molar-refractivity contribution in [2.75, 3.05) is 0 Å². The highest BCUT2D eigenvalue weighted by Gasteiger charge is 2.52. The van der Waals surface area contributed by atoms with E-state index in [2.05, 4.69) is 4.98 Å². The topological polar surface area (TPSA) is 91.5 Å². The average Bonchev–Trinajstić information content (AvgIpc) is 2.57. The highest BCUT2D eigenvalue weighted by molar-refractivity contribution is 6.63. The third kappa shape index (κ3) is 2.34. The molecule has 1 aliphatic rings. The van der Waals surface area contributed by atoms with E-state index in [0.29, 0.717) is 11.7 Å². The van der Waals surface area contributed by atoms with Crippen LogP contribution in [0.25, 0.3) is 0 Å². The highest BCUT2D eigenvalue weighted by Crippen LogP contribution is 2.36. The number of nitrogens with zero attached hydrogens (tertiary/aromatic N) is 1. The fraction of sp³-hybridized carbons (Fsp3) is 0.462. The first-order valence-electron chi connectivity index (χ1n) is 6.28. The third-order valence-electron chi connectivity index (χ3n) is 3.85. The third-order valence-corrected chi connectivity index (χ3v) is 3.85. The van der Waals surface area contributed by atoms with E-state index in [0.717, 1.165) is 0 Å². The van der Waals surface area contributed by atoms with Crippen LogP contribution < -0.4 is 11.2 Å². The Labute approximate surface area is 117 Å². The molecule has 0 spiro atoms. The van der Waals surface area contributed by atoms with E-state index in [9.17, 15) is 9.59 Å². The second-order valence-corrected chi connectivity index (χ2v) is 5.77. The van der Waals surface area contributed by atoms with Crippen molar-refractivity contribution in [3.05, 3.63) is 23.5 Å². The van der Waals surface area contributed by atoms with Crippen molar-refractivity contribution in [2.45, 2.75) is 38.9 Å². The van der Waals surface area contributed by atoms with Gasteiger partial charge in [-0.15, -0.1) is 0 Å². The molecule has 0 unspecified atom stereocenters. The number of aldehydes is 1. The van der Waals surface area contributed by atoms with Gasteiger partial charge in [-0.25, -0.2) is 0 Å². The van der Waals surface area contributed by atoms with E-state index in [-0.39, 0.29) is 11.3 Å². The average molecular weight is 276 g/mol. The summed E-state index contributed by atoms with van der Waals surface area (Å²) in [6, 6.07) is 1.49. The molecule has 1 aliphatic heterocycles. The molecule has 1 saturated heterocycles. The van der Waals surface area contributed by atoms with Gasteiger partial charge in [0.2, 0.25) is 5.91 Å². The molecule has 20 heavy (non-hydrogen) atoms. The first-order valence-corrected chi connectivity index (χ1v) is 6.28. The molecular formula is C13H17BN2O4. The van der Waals surface area contributed by atoms with Crippen molar-refractivity contribution in [2.24, 2.45) is 5.73 Å². The number of hydrogen-bond donors (Lipinski definition) is 1. The van der Waals surface area contributed by atoms with E-state index < -0.39 is 24.2 Å². The number of nitrogens with two attached hydrogens (primary N) is 1. The van der Waals surface area contributed by atoms with Crippen molar-refractivity contribution in [1.82, 2.24) is 4.98 Å². The van der Waals surface area contributed by atoms with E-state index in [1.165, 1.54) is 12.3 Å². The number of primary amides is 1. The predicted octanol–water partition coefficient (Wildman–Crippen LogP) is 0.292. The molecule has 2 heterocycles. The number of rotatable bonds is 3. The molecule has 0 radical (unpaired) electrons. The van der Waals surface area contributed by atoms with E-state index in [1.807, 2.05) is 27.7 Å². The lowest BCUT2D eigenvalue weighted by Crippen LogP contribution is -2.41. The summed E-state index contributed by atoms with van der Waals surface area (Å²) in [7, 11) is -0.757. The molecule has 6 nitrogen and oxygen atoms in total. The number of aromatic nitrogens is 1. The first kappa shape index (κ1) is 14.7. The van der Waals surface area contributed by atoms with Crippen molar-refractivity contribution in [3.8, 4) is 0 Å². The summed E-state index contributed by atoms with van der Waals surface area (Å²) >= 11 is 0. The Bertz CT molecular complexity index is 555. The molecular weight excluding hydrogens is 259 g/mol. The molecule has 1 aromatic rings. The van der Waals surface area contributed by atoms with Crippen LogP contribution in [0.3, 0.4) is 0 Å². The molecule has 2 rings (SSSR count). The summed E-state index contributed by atoms with van der Waals surface area (Å²) in [6.07, 6.45) is 1.87. The molecule has 1 fully saturated rings. The van der Waals surface area contributed by atoms with Gasteiger partial charge in [0.1, 0.15) is 5.69 Å². The van der Waals surface area contributed by atoms with Crippen molar-refractivity contribution in [1.29, 1.82) is 0 Å². The van der Waals surface area contributed by atoms with Gasteiger partial charge in [-0.3, -0.25) is 14.6 Å². The van der Waals surface area contributed by atoms with Gasteiger partial charge in [0.15, 0.2) is 6.29 Å². The summed E-state index contributed by atoms with van der Waals surface area (Å²) in [6.45, 7) is 7.61. The Morgan fingerprint density at radius 1 is 1.30 bits per heavy atom. The van der Waals surface area contributed by atoms with Crippen molar-refractivity contribution in [3.63, 3.8) is 0 Å². The Balaban J connectivity index is 2.45. The van der Waals surface area contributed by atoms with E-state index in [4.69, 9.17) is 15.0 Å². The number of hydrogen-bond acceptors (Lipinski definition) is 5. The first-order chi connectivity index (χ1) is 9.18. The quantitative estimate of drug-likeness (QED) is 0.633. The van der Waals surface area contributed by atoms with Crippen molar-refractivity contribution >= 4 is 24.8 Å². The van der Waals surface area contributed by atoms with Crippen LogP contribution >= 0.6 is 0 Å². The van der Waals surface area contributed by atoms with Crippen LogP contribution in [0.15, 0.2) is 12.3 Å². The smallest absolute Gasteiger partial charge is 0.399 e. The Kier molecular flexibility index (Phi) is 3.43. The van der Waals surface area contributed by atoms with Gasteiger partial charge in [0.05, 0.1) is 16.8 Å². The summed E-state index contributed by atoms with van der Waals surface area (Å²) < 4.78 is 11.7. The Morgan fingerprint density at radius 2 is 1.85 bits per heavy atom. The van der Waals surface area contributed by atoms with Crippen LogP contribution in [0.1, 0.15) is 48.5 Å². The Hall–Kier alpha value is -1.73. The molecule has 7 heteroatoms. The molecule has 0 aromatic carbocycles. The minimum absolute atomic E-state index is 0.175. The van der Waals surface area contributed by atoms with Gasteiger partial charge in [-0.2, -0.15) is 0 Å². The number of carbonyl (C=O) groups is 2. The molecule has 0 bridgehead atoms. The van der Waals surface area contributed by atoms with Gasteiger partial charge in [0.25, 0.3) is 0 Å². The fourth-order valence-electron chi connectivity index (χ4n) is 1.88. The normalized spacial score (nSPS) is 19.9. The maximum atomic E-state index is 11.2. The van der Waals surface area contributed by atoms with Gasteiger partial charge in [0, 0.05) is 11.7 Å². The molecule has 106 valence electrons. The van der Waals surface area contributed by atoms with Crippen LogP contribution in [0.5, 0.6) is 0 Å². The summed E-state index contributed by atoms with van der Waals surface area (Å²) in [4.78, 5) is 26.3. The lowest BCUT2D eigenvalue weighted by molar-refractivity contribution is 0.00578. The minimum Gasteiger partial charge on any atom is -0.399 e. The second-order valence-electron chi connectivity index (χ2n) is 5.77. The molecule has 0 atom stereocenters. The van der Waals surface area contributed by atoms with E-state index in [1.54, 1.807) is 0 Å². The monoisotopic (exact) mass is 276 g/mol. The zero-order valence-corrected chi connectivity index (χ0v) is 12.0. The summed E-state index contributed by atoms with van der Waals surface area (Å²) in [5.74, 6) is -0.618. The van der Waals surface area contributed by atoms with Gasteiger partial charge in [-0.1, -0.05) is 0 Å². The lowest BCUT2D eigenvalue weighted by Gasteiger charge is -2.32. The number of pyridine rings is 1. The van der Waals surface area contributed by atoms with Crippen LogP contribution in [0.4, 0.5) is 0 Å². The van der Waals surface area contributed by atoms with Gasteiger partial charge < -0.3 is 15.0 Å². The van der Waals surface area contributed by atoms with Crippen molar-refractivity contribution < 1.29 is 18.9 Å². The Morgan fingerprint density at radius 3 is 2.30 bits per heavy atom. The highest BCUT2D eigenvalue weighted by atomic mass is 16.7. The molecule has 1 amide bonds. The number of carbonyl (C=O) groups excluding carboxylic acids is 2. The van der Waals surface area contributed by atoms with Crippen LogP contribution in [-0.2, 0) is 9.31 Å². The zero-order chi connectivity index (χ0) is 15.1. The standard InChI is InChI=1S/C13H17BN2O4/c1-12(2)13(3,4)20-14(19-12)9-5-8(11(15)18)6-16-10(9)7-17/h5-7H,1-4H3,(H2,15,18). The largest absolute Gasteiger partial charge is 0.497 e. The maximum absolute atomic E-state index is 11.2. The summed E-state index contributed by atoms with van der Waals surface area (Å²) in [5, 5.41) is 0. The van der Waals surface area contributed by atoms with Crippen LogP contribution in [-0.4, -0.2) is 35.5 Å². The number of amides is 1. The molecule has 0 saturated carbocycles. The fourth-order valence-corrected chi connectivity index (χ4v) is 1.88. The summed E-state index contributed by atoms with van der Waals surface area (Å²) in [5.41, 5.74) is 4.94. The second kappa shape index (κ2) is 4.68. The molecule has 2 N–H and O–H groups in total. The molecule has 0 aliphatic carbocycles. The van der Waals surface area contributed by atoms with E-state index >= 15 is 0 Å². The van der Waals surface area contributed by atoms with Crippen LogP contribution in [0.2, 0.25) is 0 Å². The minimum atomic E-state index is -0.757. The van der Waals surface area contributed by atoms with Crippen LogP contribution in [0, 0.1) is 0 Å². The predicted molar refractivity (Wildman–Crippen MR) is 73.9 cm³/mol. The van der Waals surface area contributed by atoms with Gasteiger partial charge >= 0.3 is 7.12 Å². The SMILES string of the molecule is CC1(C)OB(c2cc(C(N)=O)cnc2C=O)OC1(C)C. The van der Waals surface area contributed by atoms with Gasteiger partial charge in [-0.05, 0) is 33.8 Å². The lowest BCUT2D eigenvalue weighted by atomic mass is 9.77.